The summed E-state index contributed by atoms with van der Waals surface area (Å²) in [6, 6.07) is 2.12. The molecule has 34 heavy (non-hydrogen) atoms. The summed E-state index contributed by atoms with van der Waals surface area (Å²) in [7, 11) is 0. The van der Waals surface area contributed by atoms with Gasteiger partial charge in [-0.15, -0.1) is 0 Å². The van der Waals surface area contributed by atoms with Crippen molar-refractivity contribution in [3.05, 3.63) is 31.9 Å². The zero-order chi connectivity index (χ0) is 24.7. The molecule has 7 nitrogen and oxygen atoms in total. The van der Waals surface area contributed by atoms with E-state index in [0.717, 1.165) is 50.2 Å². The Kier molecular flexibility index (Phi) is 9.74. The molecule has 2 fully saturated rings. The highest BCUT2D eigenvalue weighted by molar-refractivity contribution is 8.26. The van der Waals surface area contributed by atoms with Gasteiger partial charge < -0.3 is 9.64 Å². The summed E-state index contributed by atoms with van der Waals surface area (Å²) in [6.07, 6.45) is 7.63. The van der Waals surface area contributed by atoms with Crippen molar-refractivity contribution in [1.29, 1.82) is 5.26 Å². The molecular weight excluding hydrogens is 468 g/mol. The lowest BCUT2D eigenvalue weighted by molar-refractivity contribution is -0.122. The molecule has 184 valence electrons. The maximum atomic E-state index is 13.3. The van der Waals surface area contributed by atoms with Gasteiger partial charge in [0.1, 0.15) is 21.8 Å². The number of amides is 1. The average molecular weight is 503 g/mol. The van der Waals surface area contributed by atoms with E-state index < -0.39 is 0 Å². The molecule has 0 unspecified atom stereocenters. The van der Waals surface area contributed by atoms with Gasteiger partial charge in [-0.3, -0.25) is 19.1 Å². The molecule has 2 saturated heterocycles. The Balaban J connectivity index is 2.08. The van der Waals surface area contributed by atoms with Crippen LogP contribution in [0.3, 0.4) is 0 Å². The number of pyridine rings is 1. The van der Waals surface area contributed by atoms with E-state index in [0.29, 0.717) is 47.5 Å². The first-order valence-corrected chi connectivity index (χ1v) is 13.4. The van der Waals surface area contributed by atoms with Crippen LogP contribution in [-0.2, 0) is 16.1 Å². The number of rotatable bonds is 10. The van der Waals surface area contributed by atoms with Gasteiger partial charge in [0.15, 0.2) is 0 Å². The van der Waals surface area contributed by atoms with Crippen molar-refractivity contribution in [1.82, 2.24) is 9.47 Å². The van der Waals surface area contributed by atoms with Gasteiger partial charge in [0.05, 0.1) is 4.91 Å². The second-order valence-corrected chi connectivity index (χ2v) is 10.3. The maximum absolute atomic E-state index is 13.3. The molecule has 0 atom stereocenters. The summed E-state index contributed by atoms with van der Waals surface area (Å²) in [4.78, 5) is 30.9. The summed E-state index contributed by atoms with van der Waals surface area (Å²) >= 11 is 6.79. The van der Waals surface area contributed by atoms with Crippen LogP contribution in [0.5, 0.6) is 0 Å². The van der Waals surface area contributed by atoms with E-state index in [2.05, 4.69) is 17.9 Å². The van der Waals surface area contributed by atoms with Crippen LogP contribution in [0.15, 0.2) is 9.70 Å². The summed E-state index contributed by atoms with van der Waals surface area (Å²) in [5.41, 5.74) is 1.32. The van der Waals surface area contributed by atoms with E-state index in [4.69, 9.17) is 17.0 Å². The number of aromatic nitrogens is 1. The molecule has 1 aromatic heterocycles. The summed E-state index contributed by atoms with van der Waals surface area (Å²) in [5.74, 6) is 0.705. The molecule has 0 N–H and O–H groups in total. The van der Waals surface area contributed by atoms with Gasteiger partial charge in [-0.25, -0.2) is 0 Å². The predicted molar refractivity (Wildman–Crippen MR) is 142 cm³/mol. The van der Waals surface area contributed by atoms with Gasteiger partial charge >= 0.3 is 0 Å². The van der Waals surface area contributed by atoms with Crippen LogP contribution >= 0.6 is 24.0 Å². The summed E-state index contributed by atoms with van der Waals surface area (Å²) in [5, 5.41) is 9.80. The van der Waals surface area contributed by atoms with Crippen LogP contribution in [0, 0.1) is 18.3 Å². The maximum Gasteiger partial charge on any atom is 0.270 e. The summed E-state index contributed by atoms with van der Waals surface area (Å²) in [6.45, 7) is 9.85. The standard InChI is InChI=1S/C25H34N4O3S2/c1-4-6-13-28-22(27-11-8-7-9-12-27)19(18(3)20(17-26)23(28)30)16-21-24(31)29(25(33)34-21)14-10-15-32-5-2/h16H,4-15H2,1-3H3/b21-16-. The van der Waals surface area contributed by atoms with E-state index >= 15 is 0 Å². The first-order chi connectivity index (χ1) is 16.4. The molecule has 0 aromatic carbocycles. The molecule has 1 aromatic rings. The number of nitrogens with zero attached hydrogens (tertiary/aromatic N) is 4. The van der Waals surface area contributed by atoms with Gasteiger partial charge in [-0.1, -0.05) is 37.3 Å². The molecule has 9 heteroatoms. The van der Waals surface area contributed by atoms with E-state index in [9.17, 15) is 14.9 Å². The number of hydrogen-bond donors (Lipinski definition) is 0. The Morgan fingerprint density at radius 3 is 2.53 bits per heavy atom. The van der Waals surface area contributed by atoms with Crippen LogP contribution in [-0.4, -0.2) is 52.5 Å². The number of unbranched alkanes of at least 4 members (excludes halogenated alkanes) is 1. The fraction of sp³-hybridized carbons (Fsp3) is 0.600. The molecule has 2 aliphatic rings. The van der Waals surface area contributed by atoms with Crippen molar-refractivity contribution in [3.63, 3.8) is 0 Å². The van der Waals surface area contributed by atoms with Gasteiger partial charge in [-0.05, 0) is 57.6 Å². The minimum absolute atomic E-state index is 0.125. The molecule has 3 heterocycles. The number of anilines is 1. The largest absolute Gasteiger partial charge is 0.382 e. The topological polar surface area (TPSA) is 78.6 Å². The quantitative estimate of drug-likeness (QED) is 0.266. The molecule has 0 radical (unpaired) electrons. The lowest BCUT2D eigenvalue weighted by Gasteiger charge is -2.33. The van der Waals surface area contributed by atoms with Crippen LogP contribution in [0.25, 0.3) is 6.08 Å². The highest BCUT2D eigenvalue weighted by Gasteiger charge is 2.33. The van der Waals surface area contributed by atoms with Crippen LogP contribution in [0.1, 0.15) is 69.1 Å². The average Bonchev–Trinajstić information content (AvgIpc) is 3.10. The highest BCUT2D eigenvalue weighted by atomic mass is 32.2. The van der Waals surface area contributed by atoms with Gasteiger partial charge in [0, 0.05) is 45.0 Å². The van der Waals surface area contributed by atoms with Crippen LogP contribution in [0.4, 0.5) is 5.82 Å². The van der Waals surface area contributed by atoms with E-state index in [1.807, 2.05) is 19.9 Å². The van der Waals surface area contributed by atoms with Crippen LogP contribution in [0.2, 0.25) is 0 Å². The third-order valence-electron chi connectivity index (χ3n) is 6.26. The molecule has 2 aliphatic heterocycles. The third-order valence-corrected chi connectivity index (χ3v) is 7.64. The monoisotopic (exact) mass is 502 g/mol. The van der Waals surface area contributed by atoms with E-state index in [1.165, 1.54) is 18.2 Å². The highest BCUT2D eigenvalue weighted by Crippen LogP contribution is 2.36. The first-order valence-electron chi connectivity index (χ1n) is 12.2. The number of piperidine rings is 1. The van der Waals surface area contributed by atoms with Gasteiger partial charge in [0.2, 0.25) is 0 Å². The van der Waals surface area contributed by atoms with Crippen molar-refractivity contribution in [2.75, 3.05) is 37.7 Å². The fourth-order valence-corrected chi connectivity index (χ4v) is 5.70. The van der Waals surface area contributed by atoms with Gasteiger partial charge in [0.25, 0.3) is 11.5 Å². The predicted octanol–water partition coefficient (Wildman–Crippen LogP) is 4.45. The lowest BCUT2D eigenvalue weighted by atomic mass is 10.0. The number of thiocarbonyl (C=S) groups is 1. The number of ether oxygens (including phenoxy) is 1. The summed E-state index contributed by atoms with van der Waals surface area (Å²) < 4.78 is 7.69. The number of hydrogen-bond acceptors (Lipinski definition) is 7. The Morgan fingerprint density at radius 1 is 1.15 bits per heavy atom. The molecule has 0 aliphatic carbocycles. The molecular formula is C25H34N4O3S2. The van der Waals surface area contributed by atoms with E-state index in [-0.39, 0.29) is 17.0 Å². The Bertz CT molecular complexity index is 1050. The number of carbonyl (C=O) groups excluding carboxylic acids is 1. The Morgan fingerprint density at radius 2 is 1.88 bits per heavy atom. The molecule has 1 amide bonds. The lowest BCUT2D eigenvalue weighted by Crippen LogP contribution is -2.37. The fourth-order valence-electron chi connectivity index (χ4n) is 4.41. The first kappa shape index (κ1) is 26.5. The molecule has 3 rings (SSSR count). The Labute approximate surface area is 211 Å². The van der Waals surface area contributed by atoms with Crippen molar-refractivity contribution < 1.29 is 9.53 Å². The molecule has 0 bridgehead atoms. The minimum Gasteiger partial charge on any atom is -0.382 e. The minimum atomic E-state index is -0.241. The van der Waals surface area contributed by atoms with Crippen molar-refractivity contribution >= 4 is 46.1 Å². The third kappa shape index (κ3) is 5.73. The zero-order valence-corrected chi connectivity index (χ0v) is 22.0. The second-order valence-electron chi connectivity index (χ2n) is 8.59. The SMILES string of the molecule is CCCCn1c(N2CCCCC2)c(/C=C2\SC(=S)N(CCCOCC)C2=O)c(C)c(C#N)c1=O. The second kappa shape index (κ2) is 12.5. The zero-order valence-electron chi connectivity index (χ0n) is 20.4. The Hall–Kier alpha value is -2.15. The van der Waals surface area contributed by atoms with Gasteiger partial charge in [-0.2, -0.15) is 5.26 Å². The van der Waals surface area contributed by atoms with Crippen molar-refractivity contribution in [2.24, 2.45) is 0 Å². The molecule has 0 spiro atoms. The number of thioether (sulfide) groups is 1. The normalized spacial score (nSPS) is 17.6. The number of carbonyl (C=O) groups is 1. The van der Waals surface area contributed by atoms with Crippen LogP contribution < -0.4 is 10.5 Å². The van der Waals surface area contributed by atoms with Crippen molar-refractivity contribution in [2.45, 2.75) is 65.8 Å². The van der Waals surface area contributed by atoms with E-state index in [1.54, 1.807) is 9.47 Å². The van der Waals surface area contributed by atoms with Crippen molar-refractivity contribution in [3.8, 4) is 6.07 Å². The molecule has 0 saturated carbocycles. The number of nitriles is 1. The smallest absolute Gasteiger partial charge is 0.270 e.